The fraction of sp³-hybridized carbons (Fsp3) is 0.381. The summed E-state index contributed by atoms with van der Waals surface area (Å²) in [5.41, 5.74) is 0.465. The standard InChI is InChI=1S/C21H25N7O4S/c1-12(2)25-20-18-13(9-22)10-24-19(18)27-21(28-20)26-15-5-4-14(8-16(15)31-3)33(29,30)17-11-23-6-7-32-17/h4-5,8,10,12,17,23H,6-7,11H2,1-3H3,(H3,24,25,26,27,28). The number of anilines is 3. The van der Waals surface area contributed by atoms with Crippen LogP contribution >= 0.6 is 0 Å². The topological polar surface area (TPSA) is 154 Å². The van der Waals surface area contributed by atoms with E-state index in [1.807, 2.05) is 13.8 Å². The first-order valence-corrected chi connectivity index (χ1v) is 11.9. The van der Waals surface area contributed by atoms with Crippen molar-refractivity contribution in [3.8, 4) is 11.8 Å². The maximum Gasteiger partial charge on any atom is 0.231 e. The molecule has 1 unspecified atom stereocenters. The van der Waals surface area contributed by atoms with Crippen LogP contribution in [0.15, 0.2) is 29.3 Å². The minimum atomic E-state index is -3.70. The first-order chi connectivity index (χ1) is 15.8. The Kier molecular flexibility index (Phi) is 6.37. The van der Waals surface area contributed by atoms with Crippen molar-refractivity contribution in [3.63, 3.8) is 0 Å². The van der Waals surface area contributed by atoms with E-state index >= 15 is 0 Å². The fourth-order valence-corrected chi connectivity index (χ4v) is 4.96. The number of methoxy groups -OCH3 is 1. The van der Waals surface area contributed by atoms with Gasteiger partial charge in [-0.3, -0.25) is 0 Å². The number of H-pyrrole nitrogens is 1. The number of fused-ring (bicyclic) bond motifs is 1. The summed E-state index contributed by atoms with van der Waals surface area (Å²) in [6.45, 7) is 5.11. The lowest BCUT2D eigenvalue weighted by Crippen LogP contribution is -2.43. The molecule has 1 aromatic carbocycles. The summed E-state index contributed by atoms with van der Waals surface area (Å²) in [6, 6.07) is 6.75. The molecule has 0 bridgehead atoms. The number of hydrogen-bond donors (Lipinski definition) is 4. The molecule has 11 nitrogen and oxygen atoms in total. The van der Waals surface area contributed by atoms with Crippen molar-refractivity contribution in [2.45, 2.75) is 30.2 Å². The van der Waals surface area contributed by atoms with Crippen LogP contribution in [-0.2, 0) is 14.6 Å². The monoisotopic (exact) mass is 471 g/mol. The van der Waals surface area contributed by atoms with Crippen LogP contribution in [0.2, 0.25) is 0 Å². The van der Waals surface area contributed by atoms with Crippen LogP contribution in [0.4, 0.5) is 17.5 Å². The number of aromatic nitrogens is 3. The molecule has 3 heterocycles. The molecule has 2 aromatic heterocycles. The highest BCUT2D eigenvalue weighted by Gasteiger charge is 2.30. The number of sulfone groups is 1. The zero-order valence-corrected chi connectivity index (χ0v) is 19.3. The summed E-state index contributed by atoms with van der Waals surface area (Å²) in [4.78, 5) is 12.1. The van der Waals surface area contributed by atoms with Crippen molar-refractivity contribution in [2.24, 2.45) is 0 Å². The van der Waals surface area contributed by atoms with Gasteiger partial charge in [0.1, 0.15) is 23.3 Å². The molecular formula is C21H25N7O4S. The Morgan fingerprint density at radius 1 is 1.33 bits per heavy atom. The van der Waals surface area contributed by atoms with E-state index in [2.05, 4.69) is 37.0 Å². The molecule has 33 heavy (non-hydrogen) atoms. The number of nitriles is 1. The molecule has 1 aliphatic heterocycles. The summed E-state index contributed by atoms with van der Waals surface area (Å²) in [5, 5.41) is 19.3. The summed E-state index contributed by atoms with van der Waals surface area (Å²) in [7, 11) is -2.25. The number of morpholine rings is 1. The predicted molar refractivity (Wildman–Crippen MR) is 123 cm³/mol. The fourth-order valence-electron chi connectivity index (χ4n) is 3.52. The molecule has 174 valence electrons. The Balaban J connectivity index is 1.68. The van der Waals surface area contributed by atoms with Crippen molar-refractivity contribution < 1.29 is 17.9 Å². The second-order valence-electron chi connectivity index (χ2n) is 7.77. The van der Waals surface area contributed by atoms with Gasteiger partial charge in [0.2, 0.25) is 15.8 Å². The third-order valence-electron chi connectivity index (χ3n) is 5.07. The lowest BCUT2D eigenvalue weighted by Gasteiger charge is -2.24. The SMILES string of the molecule is COc1cc(S(=O)(=O)C2CNCCO2)ccc1Nc1nc(NC(C)C)c2c(C#N)c[nH]c2n1. The zero-order valence-electron chi connectivity index (χ0n) is 18.5. The largest absolute Gasteiger partial charge is 0.495 e. The second kappa shape index (κ2) is 9.22. The van der Waals surface area contributed by atoms with Crippen LogP contribution in [0.1, 0.15) is 19.4 Å². The van der Waals surface area contributed by atoms with Crippen molar-refractivity contribution >= 4 is 38.3 Å². The first kappa shape index (κ1) is 22.8. The summed E-state index contributed by atoms with van der Waals surface area (Å²) >= 11 is 0. The molecule has 1 atom stereocenters. The molecule has 0 saturated carbocycles. The lowest BCUT2D eigenvalue weighted by molar-refractivity contribution is 0.0785. The number of nitrogens with one attached hydrogen (secondary N) is 4. The van der Waals surface area contributed by atoms with E-state index in [9.17, 15) is 13.7 Å². The highest BCUT2D eigenvalue weighted by atomic mass is 32.2. The van der Waals surface area contributed by atoms with Gasteiger partial charge in [-0.05, 0) is 26.0 Å². The highest BCUT2D eigenvalue weighted by Crippen LogP contribution is 2.33. The van der Waals surface area contributed by atoms with Crippen LogP contribution in [0.25, 0.3) is 11.0 Å². The molecule has 1 aliphatic rings. The minimum absolute atomic E-state index is 0.0768. The van der Waals surface area contributed by atoms with Gasteiger partial charge in [-0.2, -0.15) is 15.2 Å². The van der Waals surface area contributed by atoms with Crippen LogP contribution in [0.3, 0.4) is 0 Å². The van der Waals surface area contributed by atoms with Gasteiger partial charge in [0.15, 0.2) is 5.44 Å². The molecule has 4 rings (SSSR count). The summed E-state index contributed by atoms with van der Waals surface area (Å²) < 4.78 is 36.8. The molecule has 1 fully saturated rings. The van der Waals surface area contributed by atoms with Gasteiger partial charge < -0.3 is 30.4 Å². The Bertz CT molecular complexity index is 1310. The van der Waals surface area contributed by atoms with E-state index in [4.69, 9.17) is 9.47 Å². The molecule has 0 amide bonds. The minimum Gasteiger partial charge on any atom is -0.495 e. The van der Waals surface area contributed by atoms with Gasteiger partial charge in [0.25, 0.3) is 0 Å². The lowest BCUT2D eigenvalue weighted by atomic mass is 10.2. The number of nitrogens with zero attached hydrogens (tertiary/aromatic N) is 3. The average Bonchev–Trinajstić information content (AvgIpc) is 3.23. The Morgan fingerprint density at radius 3 is 2.82 bits per heavy atom. The number of ether oxygens (including phenoxy) is 2. The molecule has 4 N–H and O–H groups in total. The Hall–Kier alpha value is -3.40. The third-order valence-corrected chi connectivity index (χ3v) is 6.97. The quantitative estimate of drug-likeness (QED) is 0.403. The van der Waals surface area contributed by atoms with Gasteiger partial charge >= 0.3 is 0 Å². The Labute approximate surface area is 191 Å². The number of hydrogen-bond acceptors (Lipinski definition) is 10. The normalized spacial score (nSPS) is 16.5. The van der Waals surface area contributed by atoms with E-state index in [0.29, 0.717) is 47.0 Å². The molecule has 12 heteroatoms. The van der Waals surface area contributed by atoms with Crippen LogP contribution < -0.4 is 20.7 Å². The van der Waals surface area contributed by atoms with Crippen LogP contribution in [0, 0.1) is 11.3 Å². The maximum atomic E-state index is 12.9. The summed E-state index contributed by atoms with van der Waals surface area (Å²) in [5.74, 6) is 1.08. The van der Waals surface area contributed by atoms with E-state index in [1.54, 1.807) is 12.3 Å². The van der Waals surface area contributed by atoms with Gasteiger partial charge in [-0.25, -0.2) is 8.42 Å². The smallest absolute Gasteiger partial charge is 0.231 e. The van der Waals surface area contributed by atoms with Gasteiger partial charge in [-0.15, -0.1) is 0 Å². The predicted octanol–water partition coefficient (Wildman–Crippen LogP) is 2.12. The van der Waals surface area contributed by atoms with Crippen molar-refractivity contribution in [1.82, 2.24) is 20.3 Å². The maximum absolute atomic E-state index is 12.9. The van der Waals surface area contributed by atoms with E-state index < -0.39 is 15.3 Å². The molecule has 1 saturated heterocycles. The molecule has 0 spiro atoms. The van der Waals surface area contributed by atoms with E-state index in [0.717, 1.165) is 0 Å². The average molecular weight is 472 g/mol. The molecular weight excluding hydrogens is 446 g/mol. The summed E-state index contributed by atoms with van der Waals surface area (Å²) in [6.07, 6.45) is 1.58. The van der Waals surface area contributed by atoms with Gasteiger partial charge in [0.05, 0.1) is 35.2 Å². The number of rotatable bonds is 7. The van der Waals surface area contributed by atoms with Crippen molar-refractivity contribution in [2.75, 3.05) is 37.4 Å². The Morgan fingerprint density at radius 2 is 2.15 bits per heavy atom. The number of aromatic amines is 1. The first-order valence-electron chi connectivity index (χ1n) is 10.4. The molecule has 3 aromatic rings. The van der Waals surface area contributed by atoms with Gasteiger partial charge in [-0.1, -0.05) is 0 Å². The van der Waals surface area contributed by atoms with Gasteiger partial charge in [0, 0.05) is 31.4 Å². The second-order valence-corrected chi connectivity index (χ2v) is 9.86. The van der Waals surface area contributed by atoms with Crippen molar-refractivity contribution in [3.05, 3.63) is 30.0 Å². The molecule has 0 radical (unpaired) electrons. The van der Waals surface area contributed by atoms with Crippen LogP contribution in [-0.4, -0.2) is 61.7 Å². The third kappa shape index (κ3) is 4.56. The van der Waals surface area contributed by atoms with E-state index in [1.165, 1.54) is 19.2 Å². The number of benzene rings is 1. The van der Waals surface area contributed by atoms with E-state index in [-0.39, 0.29) is 23.4 Å². The van der Waals surface area contributed by atoms with Crippen molar-refractivity contribution in [1.29, 1.82) is 5.26 Å². The highest BCUT2D eigenvalue weighted by molar-refractivity contribution is 7.92. The van der Waals surface area contributed by atoms with Crippen LogP contribution in [0.5, 0.6) is 5.75 Å². The zero-order chi connectivity index (χ0) is 23.6. The molecule has 0 aliphatic carbocycles.